The molecule has 5 unspecified atom stereocenters. The van der Waals surface area contributed by atoms with Crippen LogP contribution in [0.2, 0.25) is 0 Å². The minimum Gasteiger partial charge on any atom is -0.461 e. The lowest BCUT2D eigenvalue weighted by Crippen LogP contribution is -2.49. The second-order valence-corrected chi connectivity index (χ2v) is 7.35. The Morgan fingerprint density at radius 2 is 1.95 bits per heavy atom. The van der Waals surface area contributed by atoms with Crippen molar-refractivity contribution in [1.82, 2.24) is 5.32 Å². The van der Waals surface area contributed by atoms with Gasteiger partial charge in [0, 0.05) is 0 Å². The van der Waals surface area contributed by atoms with Crippen LogP contribution < -0.4 is 5.32 Å². The summed E-state index contributed by atoms with van der Waals surface area (Å²) < 4.78 is 5.94. The van der Waals surface area contributed by atoms with Crippen LogP contribution in [0.1, 0.15) is 59.8 Å². The van der Waals surface area contributed by atoms with E-state index in [-0.39, 0.29) is 18.1 Å². The fourth-order valence-corrected chi connectivity index (χ4v) is 3.84. The molecule has 5 atom stereocenters. The van der Waals surface area contributed by atoms with Crippen LogP contribution in [-0.2, 0) is 9.53 Å². The number of carbonyl (C=O) groups excluding carboxylic acids is 1. The summed E-state index contributed by atoms with van der Waals surface area (Å²) in [6.45, 7) is 9.88. The highest BCUT2D eigenvalue weighted by Crippen LogP contribution is 2.35. The Morgan fingerprint density at radius 1 is 1.20 bits per heavy atom. The minimum absolute atomic E-state index is 0.0121. The molecule has 1 saturated heterocycles. The van der Waals surface area contributed by atoms with E-state index in [4.69, 9.17) is 4.74 Å². The first-order chi connectivity index (χ1) is 9.49. The molecule has 2 rings (SSSR count). The standard InChI is InChI=1S/C17H31NO2/c1-11(2)14-8-7-12(3)10-15(14)20-17(19)16-13(4)6-5-9-18-16/h11-16,18H,5-10H2,1-4H3. The van der Waals surface area contributed by atoms with Gasteiger partial charge in [-0.25, -0.2) is 0 Å². The van der Waals surface area contributed by atoms with Gasteiger partial charge in [-0.15, -0.1) is 0 Å². The Kier molecular flexibility index (Phi) is 5.48. The van der Waals surface area contributed by atoms with Gasteiger partial charge in [0.15, 0.2) is 0 Å². The molecule has 3 heteroatoms. The van der Waals surface area contributed by atoms with Gasteiger partial charge in [-0.3, -0.25) is 4.79 Å². The Hall–Kier alpha value is -0.570. The summed E-state index contributed by atoms with van der Waals surface area (Å²) in [7, 11) is 0. The molecule has 1 N–H and O–H groups in total. The van der Waals surface area contributed by atoms with Gasteiger partial charge in [0.25, 0.3) is 0 Å². The first kappa shape index (κ1) is 15.8. The van der Waals surface area contributed by atoms with Crippen molar-refractivity contribution < 1.29 is 9.53 Å². The highest BCUT2D eigenvalue weighted by Gasteiger charge is 2.36. The van der Waals surface area contributed by atoms with Gasteiger partial charge >= 0.3 is 5.97 Å². The van der Waals surface area contributed by atoms with Crippen molar-refractivity contribution in [3.8, 4) is 0 Å². The van der Waals surface area contributed by atoms with E-state index in [9.17, 15) is 4.79 Å². The fourth-order valence-electron chi connectivity index (χ4n) is 3.84. The third-order valence-corrected chi connectivity index (χ3v) is 5.25. The van der Waals surface area contributed by atoms with Crippen LogP contribution in [0, 0.1) is 23.7 Å². The molecule has 0 bridgehead atoms. The number of nitrogens with one attached hydrogen (secondary N) is 1. The van der Waals surface area contributed by atoms with Crippen molar-refractivity contribution in [2.75, 3.05) is 6.54 Å². The maximum absolute atomic E-state index is 12.5. The summed E-state index contributed by atoms with van der Waals surface area (Å²) in [6, 6.07) is -0.0891. The van der Waals surface area contributed by atoms with E-state index < -0.39 is 0 Å². The largest absolute Gasteiger partial charge is 0.461 e. The maximum Gasteiger partial charge on any atom is 0.323 e. The lowest BCUT2D eigenvalue weighted by atomic mass is 9.75. The van der Waals surface area contributed by atoms with Crippen molar-refractivity contribution >= 4 is 5.97 Å². The topological polar surface area (TPSA) is 38.3 Å². The zero-order valence-electron chi connectivity index (χ0n) is 13.5. The molecular weight excluding hydrogens is 250 g/mol. The molecule has 20 heavy (non-hydrogen) atoms. The Balaban J connectivity index is 1.96. The number of hydrogen-bond acceptors (Lipinski definition) is 3. The van der Waals surface area contributed by atoms with E-state index in [1.807, 2.05) is 0 Å². The number of piperidine rings is 1. The second-order valence-electron chi connectivity index (χ2n) is 7.35. The van der Waals surface area contributed by atoms with Gasteiger partial charge in [0.1, 0.15) is 12.1 Å². The third-order valence-electron chi connectivity index (χ3n) is 5.25. The Labute approximate surface area is 123 Å². The summed E-state index contributed by atoms with van der Waals surface area (Å²) in [5.74, 6) is 2.20. The average molecular weight is 281 g/mol. The minimum atomic E-state index is -0.0891. The van der Waals surface area contributed by atoms with Gasteiger partial charge in [0.05, 0.1) is 0 Å². The predicted octanol–water partition coefficient (Wildman–Crippen LogP) is 3.38. The molecule has 2 aliphatic rings. The van der Waals surface area contributed by atoms with Crippen LogP contribution in [0.15, 0.2) is 0 Å². The maximum atomic E-state index is 12.5. The summed E-state index contributed by atoms with van der Waals surface area (Å²) in [6.07, 6.45) is 5.93. The van der Waals surface area contributed by atoms with E-state index in [1.54, 1.807) is 0 Å². The fraction of sp³-hybridized carbons (Fsp3) is 0.941. The van der Waals surface area contributed by atoms with Crippen molar-refractivity contribution in [2.24, 2.45) is 23.7 Å². The van der Waals surface area contributed by atoms with Crippen LogP contribution >= 0.6 is 0 Å². The zero-order valence-corrected chi connectivity index (χ0v) is 13.5. The van der Waals surface area contributed by atoms with Crippen LogP contribution in [0.5, 0.6) is 0 Å². The highest BCUT2D eigenvalue weighted by molar-refractivity contribution is 5.76. The summed E-state index contributed by atoms with van der Waals surface area (Å²) in [4.78, 5) is 12.5. The molecule has 0 aromatic carbocycles. The Morgan fingerprint density at radius 3 is 2.60 bits per heavy atom. The highest BCUT2D eigenvalue weighted by atomic mass is 16.5. The molecule has 1 saturated carbocycles. The molecule has 2 fully saturated rings. The average Bonchev–Trinajstić information content (AvgIpc) is 2.38. The van der Waals surface area contributed by atoms with Crippen molar-refractivity contribution in [3.63, 3.8) is 0 Å². The van der Waals surface area contributed by atoms with Crippen LogP contribution in [0.3, 0.4) is 0 Å². The monoisotopic (exact) mass is 281 g/mol. The molecule has 116 valence electrons. The SMILES string of the molecule is CC1CCC(C(C)C)C(OC(=O)C2NCCCC2C)C1. The molecule has 0 aromatic heterocycles. The molecule has 3 nitrogen and oxygen atoms in total. The zero-order chi connectivity index (χ0) is 14.7. The first-order valence-corrected chi connectivity index (χ1v) is 8.43. The van der Waals surface area contributed by atoms with E-state index >= 15 is 0 Å². The van der Waals surface area contributed by atoms with Gasteiger partial charge < -0.3 is 10.1 Å². The van der Waals surface area contributed by atoms with E-state index in [0.29, 0.717) is 23.7 Å². The molecular formula is C17H31NO2. The van der Waals surface area contributed by atoms with Crippen molar-refractivity contribution in [1.29, 1.82) is 0 Å². The number of esters is 1. The molecule has 0 spiro atoms. The summed E-state index contributed by atoms with van der Waals surface area (Å²) in [5.41, 5.74) is 0. The third kappa shape index (κ3) is 3.75. The number of ether oxygens (including phenoxy) is 1. The van der Waals surface area contributed by atoms with Gasteiger partial charge in [0.2, 0.25) is 0 Å². The van der Waals surface area contributed by atoms with E-state index in [1.165, 1.54) is 19.3 Å². The summed E-state index contributed by atoms with van der Waals surface area (Å²) >= 11 is 0. The van der Waals surface area contributed by atoms with Crippen LogP contribution in [0.25, 0.3) is 0 Å². The molecule has 0 radical (unpaired) electrons. The van der Waals surface area contributed by atoms with Gasteiger partial charge in [-0.1, -0.05) is 34.1 Å². The summed E-state index contributed by atoms with van der Waals surface area (Å²) in [5, 5.41) is 3.34. The Bertz CT molecular complexity index is 329. The van der Waals surface area contributed by atoms with Gasteiger partial charge in [-0.05, 0) is 55.9 Å². The number of carbonyl (C=O) groups is 1. The van der Waals surface area contributed by atoms with Crippen molar-refractivity contribution in [3.05, 3.63) is 0 Å². The smallest absolute Gasteiger partial charge is 0.323 e. The quantitative estimate of drug-likeness (QED) is 0.806. The van der Waals surface area contributed by atoms with Gasteiger partial charge in [-0.2, -0.15) is 0 Å². The first-order valence-electron chi connectivity index (χ1n) is 8.43. The molecule has 0 aromatic rings. The number of hydrogen-bond donors (Lipinski definition) is 1. The van der Waals surface area contributed by atoms with E-state index in [2.05, 4.69) is 33.0 Å². The van der Waals surface area contributed by atoms with Crippen LogP contribution in [0.4, 0.5) is 0 Å². The molecule has 1 heterocycles. The van der Waals surface area contributed by atoms with Crippen molar-refractivity contribution in [2.45, 2.75) is 71.9 Å². The predicted molar refractivity (Wildman–Crippen MR) is 81.4 cm³/mol. The second kappa shape index (κ2) is 6.93. The molecule has 1 aliphatic heterocycles. The normalized spacial score (nSPS) is 38.8. The molecule has 1 aliphatic carbocycles. The molecule has 0 amide bonds. The van der Waals surface area contributed by atoms with E-state index in [0.717, 1.165) is 19.4 Å². The lowest BCUT2D eigenvalue weighted by Gasteiger charge is -2.38. The van der Waals surface area contributed by atoms with Crippen LogP contribution in [-0.4, -0.2) is 24.7 Å². The lowest BCUT2D eigenvalue weighted by molar-refractivity contribution is -0.160. The number of rotatable bonds is 3.